The monoisotopic (exact) mass is 179 g/mol. The Balaban J connectivity index is 2.79. The summed E-state index contributed by atoms with van der Waals surface area (Å²) in [5.41, 5.74) is 0. The van der Waals surface area contributed by atoms with Gasteiger partial charge < -0.3 is 9.90 Å². The van der Waals surface area contributed by atoms with E-state index in [1.165, 1.54) is 0 Å². The summed E-state index contributed by atoms with van der Waals surface area (Å²) >= 11 is 0. The van der Waals surface area contributed by atoms with Crippen molar-refractivity contribution in [1.82, 2.24) is 4.98 Å². The summed E-state index contributed by atoms with van der Waals surface area (Å²) in [7, 11) is -0.940. The fourth-order valence-corrected chi connectivity index (χ4v) is 2.30. The van der Waals surface area contributed by atoms with E-state index < -0.39 is 15.8 Å². The van der Waals surface area contributed by atoms with Crippen LogP contribution in [0.3, 0.4) is 0 Å². The molecule has 0 amide bonds. The minimum absolute atomic E-state index is 0.609. The molecule has 0 aromatic carbocycles. The Bertz CT molecular complexity index is 435. The van der Waals surface area contributed by atoms with Crippen molar-refractivity contribution in [2.75, 3.05) is 0 Å². The quantitative estimate of drug-likeness (QED) is 0.617. The molecule has 1 unspecified atom stereocenters. The first kappa shape index (κ1) is 7.24. The zero-order valence-corrected chi connectivity index (χ0v) is 6.88. The third kappa shape index (κ3) is 0.967. The molecule has 0 aliphatic rings. The number of hydrogen-bond donors (Lipinski definition) is 0. The highest BCUT2D eigenvalue weighted by Gasteiger charge is 2.14. The third-order valence-electron chi connectivity index (χ3n) is 1.57. The highest BCUT2D eigenvalue weighted by Crippen LogP contribution is 2.28. The topological polar surface area (TPSA) is 53.0 Å². The molecule has 60 valence electrons. The van der Waals surface area contributed by atoms with E-state index in [-0.39, 0.29) is 0 Å². The molecule has 0 saturated heterocycles. The molecule has 2 rings (SSSR count). The second-order valence-electron chi connectivity index (χ2n) is 2.29. The van der Waals surface area contributed by atoms with E-state index in [1.807, 2.05) is 6.07 Å². The van der Waals surface area contributed by atoms with Gasteiger partial charge in [-0.3, -0.25) is 0 Å². The molecule has 3 nitrogen and oxygen atoms in total. The zero-order chi connectivity index (χ0) is 8.55. The molecule has 0 saturated carbocycles. The second kappa shape index (κ2) is 2.57. The van der Waals surface area contributed by atoms with Crippen LogP contribution in [0.5, 0.6) is 0 Å². The molecule has 0 aliphatic carbocycles. The molecule has 0 aliphatic heterocycles. The van der Waals surface area contributed by atoms with Gasteiger partial charge in [-0.15, -0.1) is 0 Å². The molecule has 1 atom stereocenters. The average molecular weight is 179 g/mol. The Morgan fingerprint density at radius 1 is 1.50 bits per heavy atom. The number of pyridine rings is 1. The number of carbonyl (C=O) groups excluding carboxylic acids is 1. The van der Waals surface area contributed by atoms with Crippen LogP contribution in [0.2, 0.25) is 0 Å². The molecule has 4 heteroatoms. The molecule has 0 spiro atoms. The van der Waals surface area contributed by atoms with Crippen LogP contribution in [0, 0.1) is 0 Å². The van der Waals surface area contributed by atoms with Gasteiger partial charge in [0.05, 0.1) is 15.9 Å². The largest absolute Gasteiger partial charge is 0.500 e. The highest BCUT2D eigenvalue weighted by atomic mass is 32.2. The lowest BCUT2D eigenvalue weighted by Crippen LogP contribution is -2.15. The summed E-state index contributed by atoms with van der Waals surface area (Å²) in [5, 5.41) is 12.0. The lowest BCUT2D eigenvalue weighted by Gasteiger charge is -1.86. The standard InChI is InChI=1S/C8H5NO2S/c10-8(11)12-5-3-6-2-1-4-9-7(6)12/h1-5H. The molecule has 2 aromatic heterocycles. The molecule has 2 heterocycles. The smallest absolute Gasteiger partial charge is 0.302 e. The number of aromatic nitrogens is 1. The molecule has 2 aromatic rings. The first-order valence-electron chi connectivity index (χ1n) is 3.36. The molecule has 12 heavy (non-hydrogen) atoms. The molecule has 0 N–H and O–H groups in total. The third-order valence-corrected chi connectivity index (χ3v) is 3.10. The van der Waals surface area contributed by atoms with Crippen LogP contribution in [0.4, 0.5) is 4.79 Å². The van der Waals surface area contributed by atoms with Crippen molar-refractivity contribution >= 4 is 26.0 Å². The van der Waals surface area contributed by atoms with Crippen molar-refractivity contribution in [3.8, 4) is 0 Å². The summed E-state index contributed by atoms with van der Waals surface area (Å²) in [4.78, 5) is 15.2. The fraction of sp³-hybridized carbons (Fsp3) is 0. The van der Waals surface area contributed by atoms with E-state index >= 15 is 0 Å². The van der Waals surface area contributed by atoms with Crippen LogP contribution < -0.4 is 5.11 Å². The van der Waals surface area contributed by atoms with E-state index in [0.29, 0.717) is 4.83 Å². The van der Waals surface area contributed by atoms with Gasteiger partial charge in [-0.2, -0.15) is 0 Å². The second-order valence-corrected chi connectivity index (χ2v) is 3.96. The molecule has 0 fully saturated rings. The summed E-state index contributed by atoms with van der Waals surface area (Å²) < 4.78 is 0. The summed E-state index contributed by atoms with van der Waals surface area (Å²) in [6.45, 7) is 0. The van der Waals surface area contributed by atoms with Gasteiger partial charge in [0.25, 0.3) is 4.83 Å². The van der Waals surface area contributed by atoms with Crippen LogP contribution in [-0.2, 0) is 0 Å². The molecular weight excluding hydrogens is 174 g/mol. The first-order chi connectivity index (χ1) is 5.79. The van der Waals surface area contributed by atoms with Crippen molar-refractivity contribution < 1.29 is 9.90 Å². The van der Waals surface area contributed by atoms with Gasteiger partial charge in [0.2, 0.25) is 0 Å². The molecule has 0 radical (unpaired) electrons. The number of carboxylic acid groups (broad SMARTS) is 1. The van der Waals surface area contributed by atoms with Crippen LogP contribution in [-0.4, -0.2) is 10.3 Å². The van der Waals surface area contributed by atoms with Crippen LogP contribution >= 0.6 is 10.5 Å². The highest BCUT2D eigenvalue weighted by molar-refractivity contribution is 7.53. The Morgan fingerprint density at radius 2 is 2.33 bits per heavy atom. The molecule has 0 bridgehead atoms. The van der Waals surface area contributed by atoms with E-state index in [4.69, 9.17) is 0 Å². The van der Waals surface area contributed by atoms with Gasteiger partial charge in [-0.05, 0) is 12.1 Å². The Labute approximate surface area is 71.3 Å². The molecular formula is C8H5NO2S. The predicted molar refractivity (Wildman–Crippen MR) is 45.0 cm³/mol. The van der Waals surface area contributed by atoms with Gasteiger partial charge >= 0.3 is 5.30 Å². The number of rotatable bonds is 1. The van der Waals surface area contributed by atoms with Gasteiger partial charge in [0, 0.05) is 12.3 Å². The summed E-state index contributed by atoms with van der Waals surface area (Å²) in [6, 6.07) is 5.39. The van der Waals surface area contributed by atoms with Crippen molar-refractivity contribution in [3.63, 3.8) is 0 Å². The Hall–Kier alpha value is -1.42. The van der Waals surface area contributed by atoms with Crippen LogP contribution in [0.25, 0.3) is 10.2 Å². The van der Waals surface area contributed by atoms with Crippen molar-refractivity contribution in [3.05, 3.63) is 29.8 Å². The number of thiophene rings is 1. The zero-order valence-electron chi connectivity index (χ0n) is 6.06. The van der Waals surface area contributed by atoms with E-state index in [2.05, 4.69) is 4.98 Å². The van der Waals surface area contributed by atoms with Crippen molar-refractivity contribution in [2.24, 2.45) is 0 Å². The fourth-order valence-electron chi connectivity index (χ4n) is 1.05. The summed E-state index contributed by atoms with van der Waals surface area (Å²) in [6.07, 6.45) is 1.59. The maximum absolute atomic E-state index is 10.6. The van der Waals surface area contributed by atoms with Gasteiger partial charge in [-0.25, -0.2) is 4.98 Å². The minimum atomic E-state index is -1.07. The number of nitrogens with zero attached hydrogens (tertiary/aromatic N) is 1. The van der Waals surface area contributed by atoms with Gasteiger partial charge in [-0.1, -0.05) is 0 Å². The first-order valence-corrected chi connectivity index (χ1v) is 4.65. The van der Waals surface area contributed by atoms with Crippen LogP contribution in [0.1, 0.15) is 0 Å². The number of carbonyl (C=O) groups is 1. The normalized spacial score (nSPS) is 11.8. The summed E-state index contributed by atoms with van der Waals surface area (Å²) in [5.74, 6) is 0. The lowest BCUT2D eigenvalue weighted by molar-refractivity contribution is -0.233. The predicted octanol–water partition coefficient (Wildman–Crippen LogP) is 1.18. The van der Waals surface area contributed by atoms with Gasteiger partial charge in [0.1, 0.15) is 5.38 Å². The maximum Gasteiger partial charge on any atom is 0.302 e. The Kier molecular flexibility index (Phi) is 1.55. The van der Waals surface area contributed by atoms with Crippen molar-refractivity contribution in [2.45, 2.75) is 0 Å². The van der Waals surface area contributed by atoms with E-state index in [1.54, 1.807) is 23.7 Å². The SMILES string of the molecule is O=C([O-])[s+]1ccc2cccnc21. The number of fused-ring (bicyclic) bond motifs is 1. The minimum Gasteiger partial charge on any atom is -0.500 e. The maximum atomic E-state index is 10.6. The van der Waals surface area contributed by atoms with E-state index in [9.17, 15) is 9.90 Å². The number of hydrogen-bond acceptors (Lipinski definition) is 3. The van der Waals surface area contributed by atoms with Gasteiger partial charge in [0.15, 0.2) is 0 Å². The van der Waals surface area contributed by atoms with E-state index in [0.717, 1.165) is 5.39 Å². The van der Waals surface area contributed by atoms with Crippen molar-refractivity contribution in [1.29, 1.82) is 0 Å². The average Bonchev–Trinajstić information content (AvgIpc) is 2.47. The lowest BCUT2D eigenvalue weighted by atomic mass is 10.4. The Morgan fingerprint density at radius 3 is 3.08 bits per heavy atom. The van der Waals surface area contributed by atoms with Crippen LogP contribution in [0.15, 0.2) is 29.8 Å².